The minimum absolute atomic E-state index is 0.472. The Kier molecular flexibility index (Phi) is 5.59. The van der Waals surface area contributed by atoms with E-state index in [1.807, 2.05) is 42.6 Å². The van der Waals surface area contributed by atoms with Crippen LogP contribution >= 0.6 is 0 Å². The van der Waals surface area contributed by atoms with Crippen LogP contribution in [0.4, 0.5) is 0 Å². The quantitative estimate of drug-likeness (QED) is 0.427. The van der Waals surface area contributed by atoms with Crippen molar-refractivity contribution in [1.29, 1.82) is 5.26 Å². The number of nitrogens with one attached hydrogen (secondary N) is 2. The predicted octanol–water partition coefficient (Wildman–Crippen LogP) is 4.76. The van der Waals surface area contributed by atoms with Crippen molar-refractivity contribution in [2.75, 3.05) is 19.7 Å². The molecule has 4 aromatic rings. The van der Waals surface area contributed by atoms with E-state index in [1.54, 1.807) is 12.3 Å². The van der Waals surface area contributed by atoms with Crippen LogP contribution in [0.15, 0.2) is 54.9 Å². The second kappa shape index (κ2) is 8.63. The molecule has 6 heteroatoms. The summed E-state index contributed by atoms with van der Waals surface area (Å²) < 4.78 is 12.0. The summed E-state index contributed by atoms with van der Waals surface area (Å²) in [5, 5.41) is 14.7. The third-order valence-corrected chi connectivity index (χ3v) is 4.68. The van der Waals surface area contributed by atoms with Crippen LogP contribution in [0.25, 0.3) is 21.8 Å². The van der Waals surface area contributed by atoms with Gasteiger partial charge in [0.1, 0.15) is 23.3 Å². The maximum atomic E-state index is 9.59. The van der Waals surface area contributed by atoms with E-state index in [4.69, 9.17) is 9.47 Å². The zero-order chi connectivity index (χ0) is 20.1. The molecule has 0 saturated heterocycles. The number of nitrogens with zero attached hydrogens (tertiary/aromatic N) is 2. The molecule has 0 radical (unpaired) electrons. The molecule has 0 unspecified atom stereocenters. The van der Waals surface area contributed by atoms with E-state index >= 15 is 0 Å². The highest BCUT2D eigenvalue weighted by Crippen LogP contribution is 2.33. The molecule has 0 aliphatic heterocycles. The Morgan fingerprint density at radius 2 is 2.07 bits per heavy atom. The molecule has 2 aromatic carbocycles. The number of aromatic amines is 1. The van der Waals surface area contributed by atoms with Gasteiger partial charge in [0.2, 0.25) is 0 Å². The Morgan fingerprint density at radius 3 is 2.93 bits per heavy atom. The van der Waals surface area contributed by atoms with Crippen LogP contribution in [0.2, 0.25) is 0 Å². The van der Waals surface area contributed by atoms with Gasteiger partial charge in [-0.1, -0.05) is 6.92 Å². The number of ether oxygens (including phenoxy) is 2. The summed E-state index contributed by atoms with van der Waals surface area (Å²) in [5.41, 5.74) is 2.26. The second-order valence-electron chi connectivity index (χ2n) is 6.67. The van der Waals surface area contributed by atoms with Crippen molar-refractivity contribution >= 4 is 21.8 Å². The van der Waals surface area contributed by atoms with Gasteiger partial charge in [-0.25, -0.2) is 0 Å². The molecule has 146 valence electrons. The van der Waals surface area contributed by atoms with Gasteiger partial charge in [0.15, 0.2) is 0 Å². The van der Waals surface area contributed by atoms with Crippen LogP contribution in [0.5, 0.6) is 17.2 Å². The highest BCUT2D eigenvalue weighted by atomic mass is 16.5. The molecule has 2 N–H and O–H groups in total. The molecule has 2 heterocycles. The van der Waals surface area contributed by atoms with Crippen LogP contribution in [-0.2, 0) is 0 Å². The maximum absolute atomic E-state index is 9.59. The van der Waals surface area contributed by atoms with E-state index in [2.05, 4.69) is 28.3 Å². The van der Waals surface area contributed by atoms with Crippen molar-refractivity contribution in [2.24, 2.45) is 0 Å². The Morgan fingerprint density at radius 1 is 1.14 bits per heavy atom. The molecule has 0 aliphatic carbocycles. The van der Waals surface area contributed by atoms with Crippen molar-refractivity contribution in [2.45, 2.75) is 13.3 Å². The number of nitriles is 1. The predicted molar refractivity (Wildman–Crippen MR) is 113 cm³/mol. The van der Waals surface area contributed by atoms with Gasteiger partial charge in [-0.3, -0.25) is 4.98 Å². The molecular weight excluding hydrogens is 364 g/mol. The number of hydrogen-bond acceptors (Lipinski definition) is 5. The van der Waals surface area contributed by atoms with Gasteiger partial charge in [-0.15, -0.1) is 0 Å². The Balaban J connectivity index is 1.61. The lowest BCUT2D eigenvalue weighted by Gasteiger charge is -2.12. The lowest BCUT2D eigenvalue weighted by molar-refractivity contribution is 0.308. The fraction of sp³-hybridized carbons (Fsp3) is 0.217. The van der Waals surface area contributed by atoms with Crippen molar-refractivity contribution in [1.82, 2.24) is 15.3 Å². The summed E-state index contributed by atoms with van der Waals surface area (Å²) in [5.74, 6) is 1.93. The van der Waals surface area contributed by atoms with Crippen LogP contribution in [-0.4, -0.2) is 29.7 Å². The van der Waals surface area contributed by atoms with E-state index in [0.29, 0.717) is 23.7 Å². The summed E-state index contributed by atoms with van der Waals surface area (Å²) in [6.07, 6.45) is 4.47. The summed E-state index contributed by atoms with van der Waals surface area (Å²) in [7, 11) is 0. The van der Waals surface area contributed by atoms with Gasteiger partial charge in [0.05, 0.1) is 17.7 Å². The standard InChI is InChI=1S/C23H22N4O2/c1-2-25-8-3-11-28-23-14-21-19(13-17(23)15-24)22(7-10-27-21)29-18-4-5-20-16(12-18)6-9-26-20/h4-7,9-10,12-14,25-26H,2-3,8,11H2,1H3. The number of hydrogen-bond donors (Lipinski definition) is 2. The largest absolute Gasteiger partial charge is 0.492 e. The number of pyridine rings is 1. The fourth-order valence-electron chi connectivity index (χ4n) is 3.22. The van der Waals surface area contributed by atoms with Gasteiger partial charge in [0.25, 0.3) is 0 Å². The van der Waals surface area contributed by atoms with Crippen molar-refractivity contribution < 1.29 is 9.47 Å². The summed E-state index contributed by atoms with van der Waals surface area (Å²) >= 11 is 0. The molecule has 0 saturated carbocycles. The lowest BCUT2D eigenvalue weighted by Crippen LogP contribution is -2.16. The molecule has 0 spiro atoms. The van der Waals surface area contributed by atoms with E-state index in [0.717, 1.165) is 47.1 Å². The van der Waals surface area contributed by atoms with Crippen molar-refractivity contribution in [3.05, 3.63) is 60.4 Å². The Bertz CT molecular complexity index is 1180. The number of benzene rings is 2. The maximum Gasteiger partial charge on any atom is 0.139 e. The van der Waals surface area contributed by atoms with Crippen LogP contribution < -0.4 is 14.8 Å². The second-order valence-corrected chi connectivity index (χ2v) is 6.67. The number of aromatic nitrogens is 2. The normalized spacial score (nSPS) is 10.9. The highest BCUT2D eigenvalue weighted by Gasteiger charge is 2.12. The first-order valence-electron chi connectivity index (χ1n) is 9.70. The lowest BCUT2D eigenvalue weighted by atomic mass is 10.1. The molecule has 6 nitrogen and oxygen atoms in total. The first-order chi connectivity index (χ1) is 14.3. The third-order valence-electron chi connectivity index (χ3n) is 4.68. The van der Waals surface area contributed by atoms with Gasteiger partial charge in [0, 0.05) is 34.7 Å². The minimum atomic E-state index is 0.472. The molecule has 0 bridgehead atoms. The SMILES string of the molecule is CCNCCCOc1cc2nccc(Oc3ccc4[nH]ccc4c3)c2cc1C#N. The third kappa shape index (κ3) is 4.15. The highest BCUT2D eigenvalue weighted by molar-refractivity contribution is 5.88. The van der Waals surface area contributed by atoms with Crippen LogP contribution in [0, 0.1) is 11.3 Å². The zero-order valence-electron chi connectivity index (χ0n) is 16.2. The monoisotopic (exact) mass is 386 g/mol. The van der Waals surface area contributed by atoms with E-state index < -0.39 is 0 Å². The van der Waals surface area contributed by atoms with E-state index in [9.17, 15) is 5.26 Å². The molecule has 2 aromatic heterocycles. The Hall–Kier alpha value is -3.56. The van der Waals surface area contributed by atoms with Gasteiger partial charge in [-0.05, 0) is 55.9 Å². The number of fused-ring (bicyclic) bond motifs is 2. The number of H-pyrrole nitrogens is 1. The average Bonchev–Trinajstić information content (AvgIpc) is 3.21. The first-order valence-corrected chi connectivity index (χ1v) is 9.70. The summed E-state index contributed by atoms with van der Waals surface area (Å²) in [6.45, 7) is 4.43. The fourth-order valence-corrected chi connectivity index (χ4v) is 3.22. The number of rotatable bonds is 8. The van der Waals surface area contributed by atoms with Gasteiger partial charge in [-0.2, -0.15) is 5.26 Å². The molecule has 0 amide bonds. The van der Waals surface area contributed by atoms with E-state index in [1.165, 1.54) is 0 Å². The van der Waals surface area contributed by atoms with E-state index in [-0.39, 0.29) is 0 Å². The molecule has 0 aliphatic rings. The van der Waals surface area contributed by atoms with Gasteiger partial charge < -0.3 is 19.8 Å². The van der Waals surface area contributed by atoms with Crippen molar-refractivity contribution in [3.8, 4) is 23.3 Å². The van der Waals surface area contributed by atoms with Gasteiger partial charge >= 0.3 is 0 Å². The minimum Gasteiger partial charge on any atom is -0.492 e. The average molecular weight is 386 g/mol. The zero-order valence-corrected chi connectivity index (χ0v) is 16.2. The first kappa shape index (κ1) is 18.8. The Labute approximate surface area is 169 Å². The van der Waals surface area contributed by atoms with Crippen molar-refractivity contribution in [3.63, 3.8) is 0 Å². The summed E-state index contributed by atoms with van der Waals surface area (Å²) in [6, 6.07) is 15.5. The summed E-state index contributed by atoms with van der Waals surface area (Å²) in [4.78, 5) is 7.60. The molecule has 0 fully saturated rings. The smallest absolute Gasteiger partial charge is 0.139 e. The molecule has 0 atom stereocenters. The molecular formula is C23H22N4O2. The molecule has 29 heavy (non-hydrogen) atoms. The van der Waals surface area contributed by atoms with Crippen LogP contribution in [0.1, 0.15) is 18.9 Å². The topological polar surface area (TPSA) is 83.0 Å². The molecule has 4 rings (SSSR count). The van der Waals surface area contributed by atoms with Crippen LogP contribution in [0.3, 0.4) is 0 Å².